The minimum Gasteiger partial charge on any atom is -0.0995 e. The summed E-state index contributed by atoms with van der Waals surface area (Å²) in [6.45, 7) is 21.2. The molecule has 0 fully saturated rings. The molecule has 0 aromatic heterocycles. The minimum atomic E-state index is 0.432. The smallest absolute Gasteiger partial charge is 0.00394 e. The molecule has 0 heteroatoms. The third kappa shape index (κ3) is 4.83. The SMILES string of the molecule is C=C(CC)C(=C)C(CCC(C)CC)C(=C)C. The van der Waals surface area contributed by atoms with Gasteiger partial charge in [-0.2, -0.15) is 0 Å². The van der Waals surface area contributed by atoms with Crippen molar-refractivity contribution in [3.05, 3.63) is 36.5 Å². The van der Waals surface area contributed by atoms with Crippen LogP contribution in [0, 0.1) is 11.8 Å². The lowest BCUT2D eigenvalue weighted by atomic mass is 9.83. The van der Waals surface area contributed by atoms with Gasteiger partial charge in [0, 0.05) is 5.92 Å². The summed E-state index contributed by atoms with van der Waals surface area (Å²) in [6, 6.07) is 0. The van der Waals surface area contributed by atoms with Crippen LogP contribution < -0.4 is 0 Å². The number of rotatable bonds is 8. The molecular weight excluding hydrogens is 192 g/mol. The molecule has 0 rings (SSSR count). The van der Waals surface area contributed by atoms with Crippen LogP contribution in [0.15, 0.2) is 36.5 Å². The zero-order valence-electron chi connectivity index (χ0n) is 11.6. The van der Waals surface area contributed by atoms with Crippen molar-refractivity contribution in [3.63, 3.8) is 0 Å². The van der Waals surface area contributed by atoms with Gasteiger partial charge < -0.3 is 0 Å². The highest BCUT2D eigenvalue weighted by molar-refractivity contribution is 5.32. The summed E-state index contributed by atoms with van der Waals surface area (Å²) in [5, 5.41) is 0. The molecule has 0 aliphatic heterocycles. The zero-order chi connectivity index (χ0) is 12.7. The van der Waals surface area contributed by atoms with Gasteiger partial charge in [-0.25, -0.2) is 0 Å². The van der Waals surface area contributed by atoms with Crippen LogP contribution in [-0.2, 0) is 0 Å². The van der Waals surface area contributed by atoms with E-state index in [-0.39, 0.29) is 0 Å². The normalized spacial score (nSPS) is 14.2. The zero-order valence-corrected chi connectivity index (χ0v) is 11.6. The van der Waals surface area contributed by atoms with E-state index in [1.54, 1.807) is 0 Å². The Balaban J connectivity index is 4.45. The quantitative estimate of drug-likeness (QED) is 0.373. The third-order valence-corrected chi connectivity index (χ3v) is 3.54. The van der Waals surface area contributed by atoms with Crippen LogP contribution in [0.3, 0.4) is 0 Å². The Morgan fingerprint density at radius 3 is 2.00 bits per heavy atom. The lowest BCUT2D eigenvalue weighted by Gasteiger charge is -2.22. The van der Waals surface area contributed by atoms with E-state index < -0.39 is 0 Å². The molecule has 0 saturated heterocycles. The van der Waals surface area contributed by atoms with Crippen molar-refractivity contribution in [3.8, 4) is 0 Å². The average molecular weight is 220 g/mol. The third-order valence-electron chi connectivity index (χ3n) is 3.54. The van der Waals surface area contributed by atoms with Gasteiger partial charge in [-0.3, -0.25) is 0 Å². The van der Waals surface area contributed by atoms with Crippen LogP contribution in [0.4, 0.5) is 0 Å². The van der Waals surface area contributed by atoms with Crippen LogP contribution in [0.1, 0.15) is 53.4 Å². The molecule has 0 aromatic rings. The summed E-state index contributed by atoms with van der Waals surface area (Å²) in [4.78, 5) is 0. The lowest BCUT2D eigenvalue weighted by Crippen LogP contribution is -2.08. The molecule has 0 bridgehead atoms. The number of hydrogen-bond donors (Lipinski definition) is 0. The molecule has 0 radical (unpaired) electrons. The van der Waals surface area contributed by atoms with Gasteiger partial charge in [-0.1, -0.05) is 58.1 Å². The molecule has 0 spiro atoms. The fourth-order valence-corrected chi connectivity index (χ4v) is 1.85. The molecule has 0 aromatic carbocycles. The van der Waals surface area contributed by atoms with Crippen molar-refractivity contribution in [2.75, 3.05) is 0 Å². The Morgan fingerprint density at radius 1 is 1.06 bits per heavy atom. The van der Waals surface area contributed by atoms with Gasteiger partial charge in [-0.05, 0) is 37.7 Å². The molecule has 0 aliphatic carbocycles. The number of allylic oxidation sites excluding steroid dienone is 3. The summed E-state index contributed by atoms with van der Waals surface area (Å²) in [7, 11) is 0. The van der Waals surface area contributed by atoms with Gasteiger partial charge in [0.05, 0.1) is 0 Å². The van der Waals surface area contributed by atoms with Gasteiger partial charge in [0.15, 0.2) is 0 Å². The predicted octanol–water partition coefficient (Wildman–Crippen LogP) is 5.53. The van der Waals surface area contributed by atoms with Crippen molar-refractivity contribution < 1.29 is 0 Å². The van der Waals surface area contributed by atoms with E-state index in [4.69, 9.17) is 0 Å². The molecule has 2 atom stereocenters. The fraction of sp³-hybridized carbons (Fsp3) is 0.625. The fourth-order valence-electron chi connectivity index (χ4n) is 1.85. The van der Waals surface area contributed by atoms with Crippen molar-refractivity contribution in [2.24, 2.45) is 11.8 Å². The first-order chi connectivity index (χ1) is 7.43. The van der Waals surface area contributed by atoms with E-state index in [9.17, 15) is 0 Å². The summed E-state index contributed by atoms with van der Waals surface area (Å²) in [5.41, 5.74) is 3.60. The first-order valence-corrected chi connectivity index (χ1v) is 6.46. The summed E-state index contributed by atoms with van der Waals surface area (Å²) in [6.07, 6.45) is 4.67. The molecule has 0 aliphatic rings. The van der Waals surface area contributed by atoms with Crippen LogP contribution in [0.2, 0.25) is 0 Å². The van der Waals surface area contributed by atoms with E-state index in [2.05, 4.69) is 47.4 Å². The van der Waals surface area contributed by atoms with Crippen LogP contribution in [0.5, 0.6) is 0 Å². The second-order valence-electron chi connectivity index (χ2n) is 4.97. The maximum Gasteiger partial charge on any atom is 0.00394 e. The average Bonchev–Trinajstić information content (AvgIpc) is 2.26. The van der Waals surface area contributed by atoms with Crippen LogP contribution >= 0.6 is 0 Å². The van der Waals surface area contributed by atoms with E-state index in [0.717, 1.165) is 12.3 Å². The highest BCUT2D eigenvalue weighted by Gasteiger charge is 2.15. The molecule has 0 nitrogen and oxygen atoms in total. The first kappa shape index (κ1) is 15.2. The van der Waals surface area contributed by atoms with E-state index in [0.29, 0.717) is 5.92 Å². The Kier molecular flexibility index (Phi) is 7.12. The Morgan fingerprint density at radius 2 is 1.62 bits per heavy atom. The molecule has 0 saturated carbocycles. The molecule has 92 valence electrons. The second-order valence-corrected chi connectivity index (χ2v) is 4.97. The molecule has 2 unspecified atom stereocenters. The minimum absolute atomic E-state index is 0.432. The molecule has 0 amide bonds. The highest BCUT2D eigenvalue weighted by Crippen LogP contribution is 2.30. The van der Waals surface area contributed by atoms with Crippen molar-refractivity contribution in [1.82, 2.24) is 0 Å². The van der Waals surface area contributed by atoms with Gasteiger partial charge in [0.25, 0.3) is 0 Å². The highest BCUT2D eigenvalue weighted by atomic mass is 14.2. The predicted molar refractivity (Wildman–Crippen MR) is 75.6 cm³/mol. The van der Waals surface area contributed by atoms with E-state index in [1.807, 2.05) is 0 Å². The summed E-state index contributed by atoms with van der Waals surface area (Å²) in [5.74, 6) is 1.23. The van der Waals surface area contributed by atoms with Crippen molar-refractivity contribution >= 4 is 0 Å². The van der Waals surface area contributed by atoms with E-state index in [1.165, 1.54) is 36.0 Å². The Bertz CT molecular complexity index is 257. The Hall–Kier alpha value is -0.780. The maximum absolute atomic E-state index is 4.19. The van der Waals surface area contributed by atoms with E-state index >= 15 is 0 Å². The van der Waals surface area contributed by atoms with Gasteiger partial charge in [0.2, 0.25) is 0 Å². The van der Waals surface area contributed by atoms with Crippen LogP contribution in [-0.4, -0.2) is 0 Å². The summed E-state index contributed by atoms with van der Waals surface area (Å²) < 4.78 is 0. The monoisotopic (exact) mass is 220 g/mol. The maximum atomic E-state index is 4.19. The molecule has 0 N–H and O–H groups in total. The lowest BCUT2D eigenvalue weighted by molar-refractivity contribution is 0.461. The molecule has 0 heterocycles. The second kappa shape index (κ2) is 7.49. The van der Waals surface area contributed by atoms with Gasteiger partial charge in [0.1, 0.15) is 0 Å². The Labute approximate surface area is 102 Å². The van der Waals surface area contributed by atoms with Crippen LogP contribution in [0.25, 0.3) is 0 Å². The van der Waals surface area contributed by atoms with Crippen molar-refractivity contribution in [1.29, 1.82) is 0 Å². The van der Waals surface area contributed by atoms with Crippen molar-refractivity contribution in [2.45, 2.75) is 53.4 Å². The summed E-state index contributed by atoms with van der Waals surface area (Å²) >= 11 is 0. The molecular formula is C16H28. The largest absolute Gasteiger partial charge is 0.0995 e. The van der Waals surface area contributed by atoms with Gasteiger partial charge >= 0.3 is 0 Å². The topological polar surface area (TPSA) is 0 Å². The number of hydrogen-bond acceptors (Lipinski definition) is 0. The molecule has 16 heavy (non-hydrogen) atoms. The standard InChI is InChI=1S/C16H28/c1-8-13(5)10-11-16(12(3)4)15(7)14(6)9-2/h13,16H,3,6-11H2,1-2,4-5H3. The first-order valence-electron chi connectivity index (χ1n) is 6.46. The van der Waals surface area contributed by atoms with Gasteiger partial charge in [-0.15, -0.1) is 0 Å².